The molecule has 0 saturated heterocycles. The van der Waals surface area contributed by atoms with Gasteiger partial charge in [-0.15, -0.1) is 0 Å². The summed E-state index contributed by atoms with van der Waals surface area (Å²) in [5.41, 5.74) is 2.27. The van der Waals surface area contributed by atoms with Crippen molar-refractivity contribution in [3.8, 4) is 0 Å². The van der Waals surface area contributed by atoms with Crippen molar-refractivity contribution in [1.82, 2.24) is 9.78 Å². The summed E-state index contributed by atoms with van der Waals surface area (Å²) in [6, 6.07) is 0. The Kier molecular flexibility index (Phi) is 3.46. The zero-order chi connectivity index (χ0) is 10.8. The molecule has 0 atom stereocenters. The molecular weight excluding hydrogens is 256 g/mol. The number of rotatable bonds is 4. The standard InChI is InChI=1S/C11H17BrN2O/c1-3-9-11(12)10(14(2)13-9)7-15-8-5-4-6-8/h8H,3-7H2,1-2H3. The van der Waals surface area contributed by atoms with Crippen LogP contribution in [0, 0.1) is 0 Å². The number of aryl methyl sites for hydroxylation is 2. The Morgan fingerprint density at radius 2 is 2.27 bits per heavy atom. The van der Waals surface area contributed by atoms with Crippen molar-refractivity contribution in [1.29, 1.82) is 0 Å². The predicted molar refractivity (Wildman–Crippen MR) is 62.7 cm³/mol. The van der Waals surface area contributed by atoms with E-state index in [4.69, 9.17) is 4.74 Å². The first-order valence-electron chi connectivity index (χ1n) is 5.54. The smallest absolute Gasteiger partial charge is 0.0900 e. The van der Waals surface area contributed by atoms with E-state index in [9.17, 15) is 0 Å². The molecule has 2 rings (SSSR count). The third kappa shape index (κ3) is 2.26. The number of halogens is 1. The van der Waals surface area contributed by atoms with Crippen LogP contribution >= 0.6 is 15.9 Å². The van der Waals surface area contributed by atoms with Gasteiger partial charge < -0.3 is 4.74 Å². The van der Waals surface area contributed by atoms with Crippen LogP contribution in [0.15, 0.2) is 4.47 Å². The second-order valence-corrected chi connectivity index (χ2v) is 4.84. The van der Waals surface area contributed by atoms with Gasteiger partial charge in [-0.05, 0) is 41.6 Å². The average Bonchev–Trinajstić information content (AvgIpc) is 2.42. The molecule has 4 heteroatoms. The Labute approximate surface area is 98.9 Å². The summed E-state index contributed by atoms with van der Waals surface area (Å²) in [7, 11) is 1.98. The maximum atomic E-state index is 5.79. The molecule has 0 spiro atoms. The molecule has 84 valence electrons. The van der Waals surface area contributed by atoms with Crippen molar-refractivity contribution in [3.63, 3.8) is 0 Å². The number of hydrogen-bond donors (Lipinski definition) is 0. The average molecular weight is 273 g/mol. The first-order valence-corrected chi connectivity index (χ1v) is 6.33. The van der Waals surface area contributed by atoms with E-state index in [0.717, 1.165) is 22.3 Å². The lowest BCUT2D eigenvalue weighted by molar-refractivity contribution is -0.0115. The Morgan fingerprint density at radius 3 is 2.73 bits per heavy atom. The van der Waals surface area contributed by atoms with Gasteiger partial charge in [-0.3, -0.25) is 4.68 Å². The van der Waals surface area contributed by atoms with E-state index in [1.807, 2.05) is 11.7 Å². The molecule has 0 aliphatic heterocycles. The van der Waals surface area contributed by atoms with Crippen LogP contribution < -0.4 is 0 Å². The van der Waals surface area contributed by atoms with Crippen LogP contribution in [0.3, 0.4) is 0 Å². The number of aromatic nitrogens is 2. The fourth-order valence-corrected chi connectivity index (χ4v) is 2.44. The third-order valence-electron chi connectivity index (χ3n) is 3.01. The molecule has 1 aromatic rings. The van der Waals surface area contributed by atoms with Gasteiger partial charge in [0, 0.05) is 7.05 Å². The summed E-state index contributed by atoms with van der Waals surface area (Å²) in [6.07, 6.45) is 5.19. The summed E-state index contributed by atoms with van der Waals surface area (Å²) < 4.78 is 8.83. The van der Waals surface area contributed by atoms with Crippen LogP contribution in [0.4, 0.5) is 0 Å². The maximum Gasteiger partial charge on any atom is 0.0900 e. The Balaban J connectivity index is 2.02. The molecule has 1 fully saturated rings. The molecule has 0 amide bonds. The van der Waals surface area contributed by atoms with Gasteiger partial charge in [-0.1, -0.05) is 6.92 Å². The highest BCUT2D eigenvalue weighted by Gasteiger charge is 2.20. The van der Waals surface area contributed by atoms with E-state index in [1.54, 1.807) is 0 Å². The minimum Gasteiger partial charge on any atom is -0.372 e. The SMILES string of the molecule is CCc1nn(C)c(COC2CCC2)c1Br. The lowest BCUT2D eigenvalue weighted by Crippen LogP contribution is -2.21. The van der Waals surface area contributed by atoms with E-state index in [-0.39, 0.29) is 0 Å². The number of nitrogens with zero attached hydrogens (tertiary/aromatic N) is 2. The fraction of sp³-hybridized carbons (Fsp3) is 0.727. The van der Waals surface area contributed by atoms with Gasteiger partial charge in [-0.2, -0.15) is 5.10 Å². The van der Waals surface area contributed by atoms with E-state index >= 15 is 0 Å². The van der Waals surface area contributed by atoms with Gasteiger partial charge in [0.2, 0.25) is 0 Å². The van der Waals surface area contributed by atoms with Crippen LogP contribution in [-0.4, -0.2) is 15.9 Å². The predicted octanol–water partition coefficient (Wildman–Crippen LogP) is 2.81. The molecule has 0 bridgehead atoms. The Bertz CT molecular complexity index is 345. The van der Waals surface area contributed by atoms with Gasteiger partial charge in [-0.25, -0.2) is 0 Å². The first-order chi connectivity index (χ1) is 7.22. The van der Waals surface area contributed by atoms with Crippen molar-refractivity contribution >= 4 is 15.9 Å². The molecule has 3 nitrogen and oxygen atoms in total. The van der Waals surface area contributed by atoms with Crippen LogP contribution in [0.2, 0.25) is 0 Å². The highest BCUT2D eigenvalue weighted by atomic mass is 79.9. The van der Waals surface area contributed by atoms with Gasteiger partial charge in [0.15, 0.2) is 0 Å². The highest BCUT2D eigenvalue weighted by Crippen LogP contribution is 2.26. The molecule has 1 saturated carbocycles. The van der Waals surface area contributed by atoms with Gasteiger partial charge in [0.1, 0.15) is 0 Å². The zero-order valence-electron chi connectivity index (χ0n) is 9.29. The molecular formula is C11H17BrN2O. The van der Waals surface area contributed by atoms with Crippen molar-refractivity contribution in [2.45, 2.75) is 45.3 Å². The van der Waals surface area contributed by atoms with E-state index in [0.29, 0.717) is 12.7 Å². The number of ether oxygens (including phenoxy) is 1. The summed E-state index contributed by atoms with van der Waals surface area (Å²) in [6.45, 7) is 2.79. The van der Waals surface area contributed by atoms with Gasteiger partial charge >= 0.3 is 0 Å². The van der Waals surface area contributed by atoms with Gasteiger partial charge in [0.25, 0.3) is 0 Å². The van der Waals surface area contributed by atoms with E-state index in [1.165, 1.54) is 19.3 Å². The molecule has 0 radical (unpaired) electrons. The fourth-order valence-electron chi connectivity index (χ4n) is 1.71. The normalized spacial score (nSPS) is 16.7. The first kappa shape index (κ1) is 11.1. The van der Waals surface area contributed by atoms with Crippen molar-refractivity contribution in [2.24, 2.45) is 7.05 Å². The largest absolute Gasteiger partial charge is 0.372 e. The molecule has 1 heterocycles. The molecule has 0 N–H and O–H groups in total. The van der Waals surface area contributed by atoms with E-state index in [2.05, 4.69) is 28.0 Å². The minimum absolute atomic E-state index is 0.483. The Morgan fingerprint density at radius 1 is 1.53 bits per heavy atom. The summed E-state index contributed by atoms with van der Waals surface area (Å²) >= 11 is 3.59. The molecule has 1 aromatic heterocycles. The summed E-state index contributed by atoms with van der Waals surface area (Å²) in [4.78, 5) is 0. The lowest BCUT2D eigenvalue weighted by Gasteiger charge is -2.25. The summed E-state index contributed by atoms with van der Waals surface area (Å²) in [5, 5.41) is 4.44. The second-order valence-electron chi connectivity index (χ2n) is 4.05. The van der Waals surface area contributed by atoms with Crippen LogP contribution in [0.25, 0.3) is 0 Å². The highest BCUT2D eigenvalue weighted by molar-refractivity contribution is 9.10. The number of hydrogen-bond acceptors (Lipinski definition) is 2. The van der Waals surface area contributed by atoms with Crippen molar-refractivity contribution in [3.05, 3.63) is 15.9 Å². The summed E-state index contributed by atoms with van der Waals surface area (Å²) in [5.74, 6) is 0. The van der Waals surface area contributed by atoms with Crippen LogP contribution in [0.1, 0.15) is 37.6 Å². The molecule has 0 aromatic carbocycles. The van der Waals surface area contributed by atoms with E-state index < -0.39 is 0 Å². The van der Waals surface area contributed by atoms with Crippen molar-refractivity contribution in [2.75, 3.05) is 0 Å². The molecule has 1 aliphatic rings. The quantitative estimate of drug-likeness (QED) is 0.843. The third-order valence-corrected chi connectivity index (χ3v) is 3.93. The van der Waals surface area contributed by atoms with Gasteiger partial charge in [0.05, 0.1) is 28.6 Å². The van der Waals surface area contributed by atoms with Crippen LogP contribution in [0.5, 0.6) is 0 Å². The molecule has 1 aliphatic carbocycles. The Hall–Kier alpha value is -0.350. The van der Waals surface area contributed by atoms with Crippen molar-refractivity contribution < 1.29 is 4.74 Å². The lowest BCUT2D eigenvalue weighted by atomic mass is 9.96. The maximum absolute atomic E-state index is 5.79. The van der Waals surface area contributed by atoms with Crippen LogP contribution in [-0.2, 0) is 24.8 Å². The second kappa shape index (κ2) is 4.66. The topological polar surface area (TPSA) is 27.1 Å². The zero-order valence-corrected chi connectivity index (χ0v) is 10.9. The molecule has 15 heavy (non-hydrogen) atoms. The molecule has 0 unspecified atom stereocenters. The monoisotopic (exact) mass is 272 g/mol. The minimum atomic E-state index is 0.483.